The van der Waals surface area contributed by atoms with E-state index in [1.165, 1.54) is 0 Å². The van der Waals surface area contributed by atoms with Gasteiger partial charge < -0.3 is 10.8 Å². The number of aliphatic hydroxyl groups is 1. The number of hydrogen-bond acceptors (Lipinski definition) is 3. The van der Waals surface area contributed by atoms with E-state index in [9.17, 15) is 5.11 Å². The highest BCUT2D eigenvalue weighted by Crippen LogP contribution is 2.46. The van der Waals surface area contributed by atoms with E-state index < -0.39 is 0 Å². The molecule has 0 aromatic heterocycles. The largest absolute Gasteiger partial charge is 0.393 e. The van der Waals surface area contributed by atoms with E-state index in [1.54, 1.807) is 0 Å². The average Bonchev–Trinajstić information content (AvgIpc) is 2.33. The van der Waals surface area contributed by atoms with Crippen LogP contribution in [0.3, 0.4) is 0 Å². The second-order valence-electron chi connectivity index (χ2n) is 5.43. The molecule has 1 spiro atoms. The highest BCUT2D eigenvalue weighted by atomic mass is 16.3. The van der Waals surface area contributed by atoms with E-state index in [0.717, 1.165) is 57.1 Å². The molecule has 2 aliphatic rings. The summed E-state index contributed by atoms with van der Waals surface area (Å²) < 4.78 is 0. The topological polar surface area (TPSA) is 94.5 Å². The minimum Gasteiger partial charge on any atom is -0.393 e. The molecule has 0 amide bonds. The molecule has 0 radical (unpaired) electrons. The van der Waals surface area contributed by atoms with Crippen LogP contribution in [0.2, 0.25) is 0 Å². The van der Waals surface area contributed by atoms with Gasteiger partial charge >= 0.3 is 0 Å². The molecule has 0 bridgehead atoms. The summed E-state index contributed by atoms with van der Waals surface area (Å²) in [6.45, 7) is 0. The van der Waals surface area contributed by atoms with Crippen LogP contribution in [-0.4, -0.2) is 22.9 Å². The summed E-state index contributed by atoms with van der Waals surface area (Å²) in [7, 11) is 0. The van der Waals surface area contributed by atoms with Crippen LogP contribution in [0.1, 0.15) is 51.4 Å². The number of aliphatic hydroxyl groups excluding tert-OH is 1. The Hall–Kier alpha value is -1.10. The molecule has 0 heterocycles. The van der Waals surface area contributed by atoms with Crippen molar-refractivity contribution in [1.82, 2.24) is 5.43 Å². The van der Waals surface area contributed by atoms with Crippen LogP contribution in [0, 0.1) is 10.8 Å². The van der Waals surface area contributed by atoms with Crippen molar-refractivity contribution >= 4 is 11.7 Å². The Balaban J connectivity index is 1.85. The molecular formula is C12H22N4O. The lowest BCUT2D eigenvalue weighted by Gasteiger charge is -2.42. The quantitative estimate of drug-likeness (QED) is 0.315. The fourth-order valence-electron chi connectivity index (χ4n) is 3.03. The van der Waals surface area contributed by atoms with E-state index in [4.69, 9.17) is 11.1 Å². The Morgan fingerprint density at radius 1 is 1.29 bits per heavy atom. The van der Waals surface area contributed by atoms with Crippen molar-refractivity contribution in [3.8, 4) is 0 Å². The molecule has 2 rings (SSSR count). The number of nitrogens with one attached hydrogen (secondary N) is 2. The van der Waals surface area contributed by atoms with E-state index in [1.807, 2.05) is 0 Å². The molecular weight excluding hydrogens is 216 g/mol. The average molecular weight is 238 g/mol. The van der Waals surface area contributed by atoms with Gasteiger partial charge in [0.2, 0.25) is 5.96 Å². The van der Waals surface area contributed by atoms with E-state index >= 15 is 0 Å². The lowest BCUT2D eigenvalue weighted by molar-refractivity contribution is 0.0507. The van der Waals surface area contributed by atoms with Gasteiger partial charge in [-0.15, -0.1) is 0 Å². The maximum atomic E-state index is 9.55. The molecule has 0 aromatic rings. The third kappa shape index (κ3) is 3.19. The fraction of sp³-hybridized carbons (Fsp3) is 0.833. The van der Waals surface area contributed by atoms with Gasteiger partial charge in [0.15, 0.2) is 0 Å². The highest BCUT2D eigenvalue weighted by molar-refractivity contribution is 5.86. The summed E-state index contributed by atoms with van der Waals surface area (Å²) in [5, 5.41) is 20.7. The van der Waals surface area contributed by atoms with Crippen molar-refractivity contribution in [2.75, 3.05) is 0 Å². The van der Waals surface area contributed by atoms with Gasteiger partial charge in [0.1, 0.15) is 0 Å². The Kier molecular flexibility index (Phi) is 3.66. The number of hydrazone groups is 1. The molecule has 5 heteroatoms. The summed E-state index contributed by atoms with van der Waals surface area (Å²) in [5.74, 6) is -0.0985. The van der Waals surface area contributed by atoms with E-state index in [-0.39, 0.29) is 12.1 Å². The van der Waals surface area contributed by atoms with Crippen molar-refractivity contribution < 1.29 is 5.11 Å². The Morgan fingerprint density at radius 3 is 2.41 bits per heavy atom. The van der Waals surface area contributed by atoms with Gasteiger partial charge in [0.05, 0.1) is 6.10 Å². The fourth-order valence-corrected chi connectivity index (χ4v) is 3.03. The van der Waals surface area contributed by atoms with Crippen LogP contribution in [-0.2, 0) is 0 Å². The molecule has 0 aromatic carbocycles. The molecule has 2 aliphatic carbocycles. The Bertz CT molecular complexity index is 306. The highest BCUT2D eigenvalue weighted by Gasteiger charge is 2.37. The molecule has 96 valence electrons. The second-order valence-corrected chi connectivity index (χ2v) is 5.43. The molecule has 2 fully saturated rings. The maximum Gasteiger partial charge on any atom is 0.206 e. The number of nitrogens with two attached hydrogens (primary N) is 1. The normalized spacial score (nSPS) is 33.5. The van der Waals surface area contributed by atoms with Crippen molar-refractivity contribution in [1.29, 1.82) is 5.41 Å². The van der Waals surface area contributed by atoms with Crippen LogP contribution >= 0.6 is 0 Å². The first-order valence-corrected chi connectivity index (χ1v) is 6.43. The van der Waals surface area contributed by atoms with Crippen LogP contribution in [0.25, 0.3) is 0 Å². The zero-order valence-corrected chi connectivity index (χ0v) is 10.2. The first-order valence-electron chi connectivity index (χ1n) is 6.43. The predicted octanol–water partition coefficient (Wildman–Crippen LogP) is 1.32. The van der Waals surface area contributed by atoms with E-state index in [2.05, 4.69) is 10.5 Å². The minimum atomic E-state index is -0.0985. The van der Waals surface area contributed by atoms with Gasteiger partial charge in [-0.05, 0) is 56.8 Å². The summed E-state index contributed by atoms with van der Waals surface area (Å²) in [4.78, 5) is 0. The first kappa shape index (κ1) is 12.4. The van der Waals surface area contributed by atoms with Gasteiger partial charge in [-0.2, -0.15) is 5.10 Å². The molecule has 0 saturated heterocycles. The predicted molar refractivity (Wildman–Crippen MR) is 67.9 cm³/mol. The maximum absolute atomic E-state index is 9.55. The molecule has 0 atom stereocenters. The van der Waals surface area contributed by atoms with E-state index in [0.29, 0.717) is 5.41 Å². The van der Waals surface area contributed by atoms with Gasteiger partial charge in [0, 0.05) is 5.71 Å². The zero-order chi connectivity index (χ0) is 12.3. The van der Waals surface area contributed by atoms with Gasteiger partial charge in [-0.1, -0.05) is 0 Å². The molecule has 17 heavy (non-hydrogen) atoms. The van der Waals surface area contributed by atoms with Crippen LogP contribution in [0.4, 0.5) is 0 Å². The van der Waals surface area contributed by atoms with Crippen LogP contribution < -0.4 is 11.2 Å². The Labute approximate surface area is 102 Å². The summed E-state index contributed by atoms with van der Waals surface area (Å²) in [6.07, 6.45) is 8.47. The lowest BCUT2D eigenvalue weighted by atomic mass is 9.64. The number of nitrogens with zero attached hydrogens (tertiary/aromatic N) is 1. The van der Waals surface area contributed by atoms with Crippen molar-refractivity contribution in [2.24, 2.45) is 16.3 Å². The van der Waals surface area contributed by atoms with Crippen molar-refractivity contribution in [2.45, 2.75) is 57.5 Å². The van der Waals surface area contributed by atoms with Crippen LogP contribution in [0.15, 0.2) is 5.10 Å². The molecule has 0 unspecified atom stereocenters. The van der Waals surface area contributed by atoms with Gasteiger partial charge in [-0.3, -0.25) is 5.41 Å². The third-order valence-corrected chi connectivity index (χ3v) is 4.24. The molecule has 2 saturated carbocycles. The minimum absolute atomic E-state index is 0.0740. The summed E-state index contributed by atoms with van der Waals surface area (Å²) >= 11 is 0. The summed E-state index contributed by atoms with van der Waals surface area (Å²) in [5.41, 5.74) is 9.30. The molecule has 0 aliphatic heterocycles. The summed E-state index contributed by atoms with van der Waals surface area (Å²) in [6, 6.07) is 0. The molecule has 5 nitrogen and oxygen atoms in total. The lowest BCUT2D eigenvalue weighted by Crippen LogP contribution is -2.34. The van der Waals surface area contributed by atoms with Crippen molar-refractivity contribution in [3.63, 3.8) is 0 Å². The van der Waals surface area contributed by atoms with Gasteiger partial charge in [0.25, 0.3) is 0 Å². The SMILES string of the molecule is N=C(N)NN=C1CCC2(CC1)CCC(O)CC2. The number of guanidine groups is 1. The van der Waals surface area contributed by atoms with Gasteiger partial charge in [-0.25, -0.2) is 5.43 Å². The monoisotopic (exact) mass is 238 g/mol. The first-order chi connectivity index (χ1) is 8.10. The zero-order valence-electron chi connectivity index (χ0n) is 10.2. The standard InChI is InChI=1S/C12H22N4O/c13-11(14)16-15-9-1-5-12(6-2-9)7-3-10(17)4-8-12/h10,17H,1-8H2,(H4,13,14,16). The smallest absolute Gasteiger partial charge is 0.206 e. The number of rotatable bonds is 1. The Morgan fingerprint density at radius 2 is 1.88 bits per heavy atom. The van der Waals surface area contributed by atoms with Crippen molar-refractivity contribution in [3.05, 3.63) is 0 Å². The molecule has 5 N–H and O–H groups in total. The second kappa shape index (κ2) is 5.04. The van der Waals surface area contributed by atoms with Crippen LogP contribution in [0.5, 0.6) is 0 Å². The number of hydrogen-bond donors (Lipinski definition) is 4. The third-order valence-electron chi connectivity index (χ3n) is 4.24.